The molecule has 2 N–H and O–H groups in total. The third kappa shape index (κ3) is 9.54. The molecular weight excluding hydrogens is 602 g/mol. The summed E-state index contributed by atoms with van der Waals surface area (Å²) in [5, 5.41) is 5.67. The average molecular weight is 656 g/mol. The molecule has 2 aliphatic heterocycles. The van der Waals surface area contributed by atoms with E-state index in [1.54, 1.807) is 7.05 Å². The Bertz CT molecular complexity index is 1280. The molecule has 0 saturated carbocycles. The number of carbonyl (C=O) groups is 6. The zero-order valence-corrected chi connectivity index (χ0v) is 29.2. The Morgan fingerprint density at radius 3 is 2.02 bits per heavy atom. The number of nitrogens with one attached hydrogen (secondary N) is 2. The molecule has 12 nitrogen and oxygen atoms in total. The number of carbonyl (C=O) groups excluding carboxylic acids is 6. The Hall–Kier alpha value is -3.96. The van der Waals surface area contributed by atoms with Crippen molar-refractivity contribution >= 4 is 35.5 Å². The van der Waals surface area contributed by atoms with Crippen LogP contribution in [0.1, 0.15) is 72.8 Å². The minimum atomic E-state index is -1.10. The van der Waals surface area contributed by atoms with Crippen molar-refractivity contribution in [1.29, 1.82) is 0 Å². The molecule has 5 atom stereocenters. The summed E-state index contributed by atoms with van der Waals surface area (Å²) in [4.78, 5) is 86.6. The summed E-state index contributed by atoms with van der Waals surface area (Å²) in [7, 11) is 3.08. The quantitative estimate of drug-likeness (QED) is 0.447. The Labute approximate surface area is 278 Å². The molecule has 1 aromatic carbocycles. The van der Waals surface area contributed by atoms with E-state index in [-0.39, 0.29) is 43.6 Å². The predicted molar refractivity (Wildman–Crippen MR) is 177 cm³/mol. The van der Waals surface area contributed by atoms with Crippen molar-refractivity contribution < 1.29 is 33.5 Å². The normalized spacial score (nSPS) is 26.2. The van der Waals surface area contributed by atoms with Crippen LogP contribution < -0.4 is 10.6 Å². The Morgan fingerprint density at radius 2 is 1.43 bits per heavy atom. The zero-order chi connectivity index (χ0) is 35.0. The molecule has 0 radical (unpaired) electrons. The van der Waals surface area contributed by atoms with E-state index >= 15 is 0 Å². The molecule has 1 aromatic rings. The van der Waals surface area contributed by atoms with Gasteiger partial charge in [0.15, 0.2) is 6.10 Å². The van der Waals surface area contributed by atoms with Gasteiger partial charge in [-0.05, 0) is 42.6 Å². The number of amides is 5. The van der Waals surface area contributed by atoms with Crippen molar-refractivity contribution in [2.24, 2.45) is 17.8 Å². The van der Waals surface area contributed by atoms with Crippen LogP contribution in [0.2, 0.25) is 0 Å². The largest absolute Gasteiger partial charge is 0.452 e. The number of hydrogen-bond acceptors (Lipinski definition) is 7. The number of likely N-dealkylation sites (N-methyl/N-ethyl adjacent to an activating group) is 2. The van der Waals surface area contributed by atoms with E-state index in [9.17, 15) is 28.8 Å². The van der Waals surface area contributed by atoms with Gasteiger partial charge in [-0.15, -0.1) is 0 Å². The van der Waals surface area contributed by atoms with E-state index in [1.807, 2.05) is 71.9 Å². The van der Waals surface area contributed by atoms with Gasteiger partial charge in [-0.1, -0.05) is 71.9 Å². The van der Waals surface area contributed by atoms with Gasteiger partial charge in [0.25, 0.3) is 5.91 Å². The van der Waals surface area contributed by atoms with Gasteiger partial charge >= 0.3 is 5.97 Å². The molecule has 2 aliphatic rings. The lowest BCUT2D eigenvalue weighted by Crippen LogP contribution is -2.61. The lowest BCUT2D eigenvalue weighted by Gasteiger charge is -2.38. The van der Waals surface area contributed by atoms with Gasteiger partial charge in [0.1, 0.15) is 24.2 Å². The first-order chi connectivity index (χ1) is 22.1. The SMILES string of the molecule is CC(C)C[C@H]1OC(=O)CCNC(=O)[C@H](C(C)C)N(C)C(=O)[C@H](C(C)C)N(C)C(=O)[C@H](Cc2ccccc2)NC(=O)[C@@H]2CCCN2C1=O. The smallest absolute Gasteiger partial charge is 0.308 e. The van der Waals surface area contributed by atoms with E-state index in [0.29, 0.717) is 19.4 Å². The fourth-order valence-electron chi connectivity index (χ4n) is 6.60. The van der Waals surface area contributed by atoms with Crippen molar-refractivity contribution in [1.82, 2.24) is 25.3 Å². The maximum Gasteiger partial charge on any atom is 0.308 e. The van der Waals surface area contributed by atoms with Crippen molar-refractivity contribution in [3.63, 3.8) is 0 Å². The summed E-state index contributed by atoms with van der Waals surface area (Å²) in [6.45, 7) is 11.4. The number of cyclic esters (lactones) is 1. The molecule has 5 amide bonds. The van der Waals surface area contributed by atoms with E-state index in [2.05, 4.69) is 10.6 Å². The molecule has 47 heavy (non-hydrogen) atoms. The molecule has 3 rings (SSSR count). The third-order valence-electron chi connectivity index (χ3n) is 8.91. The number of benzene rings is 1. The van der Waals surface area contributed by atoms with Crippen molar-refractivity contribution in [3.8, 4) is 0 Å². The number of esters is 1. The van der Waals surface area contributed by atoms with E-state index < -0.39 is 65.8 Å². The highest BCUT2D eigenvalue weighted by Crippen LogP contribution is 2.24. The summed E-state index contributed by atoms with van der Waals surface area (Å²) in [5.41, 5.74) is 0.808. The van der Waals surface area contributed by atoms with Gasteiger partial charge < -0.3 is 30.1 Å². The fourth-order valence-corrected chi connectivity index (χ4v) is 6.60. The molecule has 12 heteroatoms. The first-order valence-corrected chi connectivity index (χ1v) is 16.8. The molecule has 0 aliphatic carbocycles. The molecule has 0 unspecified atom stereocenters. The van der Waals surface area contributed by atoms with Crippen molar-refractivity contribution in [2.75, 3.05) is 27.2 Å². The highest BCUT2D eigenvalue weighted by atomic mass is 16.5. The maximum atomic E-state index is 14.3. The topological polar surface area (TPSA) is 145 Å². The van der Waals surface area contributed by atoms with Crippen molar-refractivity contribution in [2.45, 2.75) is 104 Å². The van der Waals surface area contributed by atoms with Gasteiger partial charge in [0.05, 0.1) is 6.42 Å². The van der Waals surface area contributed by atoms with Crippen LogP contribution in [0.15, 0.2) is 30.3 Å². The predicted octanol–water partition coefficient (Wildman–Crippen LogP) is 2.15. The minimum Gasteiger partial charge on any atom is -0.452 e. The first kappa shape index (κ1) is 37.5. The van der Waals surface area contributed by atoms with Crippen molar-refractivity contribution in [3.05, 3.63) is 35.9 Å². The molecule has 260 valence electrons. The lowest BCUT2D eigenvalue weighted by atomic mass is 9.96. The summed E-state index contributed by atoms with van der Waals surface area (Å²) in [5.74, 6) is -3.51. The van der Waals surface area contributed by atoms with Crippen LogP contribution in [0.5, 0.6) is 0 Å². The van der Waals surface area contributed by atoms with Gasteiger partial charge in [-0.25, -0.2) is 0 Å². The van der Waals surface area contributed by atoms with Crippen LogP contribution in [0.3, 0.4) is 0 Å². The van der Waals surface area contributed by atoms with Gasteiger partial charge in [-0.2, -0.15) is 0 Å². The minimum absolute atomic E-state index is 0.0186. The third-order valence-corrected chi connectivity index (χ3v) is 8.91. The Kier molecular flexibility index (Phi) is 13.4. The molecule has 0 bridgehead atoms. The molecular formula is C35H53N5O7. The maximum absolute atomic E-state index is 14.3. The summed E-state index contributed by atoms with van der Waals surface area (Å²) >= 11 is 0. The van der Waals surface area contributed by atoms with Gasteiger partial charge in [-0.3, -0.25) is 28.8 Å². The monoisotopic (exact) mass is 655 g/mol. The molecule has 2 heterocycles. The Morgan fingerprint density at radius 1 is 0.809 bits per heavy atom. The van der Waals surface area contributed by atoms with Crippen LogP contribution in [-0.4, -0.2) is 108 Å². The number of rotatable bonds is 6. The average Bonchev–Trinajstić information content (AvgIpc) is 3.49. The van der Waals surface area contributed by atoms with Gasteiger partial charge in [0, 0.05) is 33.6 Å². The molecule has 2 saturated heterocycles. The highest BCUT2D eigenvalue weighted by Gasteiger charge is 2.42. The lowest BCUT2D eigenvalue weighted by molar-refractivity contribution is -0.162. The zero-order valence-electron chi connectivity index (χ0n) is 29.2. The van der Waals surface area contributed by atoms with Crippen LogP contribution in [-0.2, 0) is 39.9 Å². The second-order valence-electron chi connectivity index (χ2n) is 13.9. The molecule has 0 spiro atoms. The fraction of sp³-hybridized carbons (Fsp3) is 0.657. The van der Waals surface area contributed by atoms with Crippen LogP contribution in [0.4, 0.5) is 0 Å². The summed E-state index contributed by atoms with van der Waals surface area (Å²) < 4.78 is 5.66. The number of fused-ring (bicyclic) bond motifs is 1. The van der Waals surface area contributed by atoms with Crippen LogP contribution in [0, 0.1) is 17.8 Å². The second-order valence-corrected chi connectivity index (χ2v) is 13.9. The number of ether oxygens (including phenoxy) is 1. The molecule has 2 fully saturated rings. The second kappa shape index (κ2) is 16.7. The first-order valence-electron chi connectivity index (χ1n) is 16.8. The van der Waals surface area contributed by atoms with E-state index in [1.165, 1.54) is 21.7 Å². The van der Waals surface area contributed by atoms with Gasteiger partial charge in [0.2, 0.25) is 23.6 Å². The summed E-state index contributed by atoms with van der Waals surface area (Å²) in [6.07, 6.45) is 0.120. The number of hydrogen-bond donors (Lipinski definition) is 2. The standard InChI is InChI=1S/C35H53N5O7/c1-21(2)19-27-34(45)40-18-12-15-26(40)31(42)37-25(20-24-13-10-9-11-14-24)33(44)39(8)30(23(5)6)35(46)38(7)29(22(3)4)32(43)36-17-16-28(41)47-27/h9-11,13-14,21-23,25-27,29-30H,12,15-20H2,1-8H3,(H,36,43)(H,37,42)/t25-,26-,27+,29-,30-/m0/s1. The highest BCUT2D eigenvalue weighted by molar-refractivity contribution is 5.96. The molecule has 0 aromatic heterocycles. The Balaban J connectivity index is 2.08. The van der Waals surface area contributed by atoms with Crippen LogP contribution >= 0.6 is 0 Å². The van der Waals surface area contributed by atoms with E-state index in [4.69, 9.17) is 4.74 Å². The van der Waals surface area contributed by atoms with E-state index in [0.717, 1.165) is 5.56 Å². The van der Waals surface area contributed by atoms with Crippen LogP contribution in [0.25, 0.3) is 0 Å². The number of nitrogens with zero attached hydrogens (tertiary/aromatic N) is 3. The summed E-state index contributed by atoms with van der Waals surface area (Å²) in [6, 6.07) is 5.54.